The zero-order chi connectivity index (χ0) is 28.0. The fourth-order valence-corrected chi connectivity index (χ4v) is 4.13. The predicted octanol–water partition coefficient (Wildman–Crippen LogP) is 3.97. The van der Waals surface area contributed by atoms with Gasteiger partial charge in [0.2, 0.25) is 12.0 Å². The first-order chi connectivity index (χ1) is 17.6. The number of aryl methyl sites for hydroxylation is 1. The molecule has 0 aromatic carbocycles. The number of morpholine rings is 1. The second kappa shape index (κ2) is 9.85. The second-order valence-corrected chi connectivity index (χ2v) is 8.83. The minimum absolute atomic E-state index is 0.0370. The molecule has 38 heavy (non-hydrogen) atoms. The van der Waals surface area contributed by atoms with Gasteiger partial charge in [0.15, 0.2) is 5.52 Å². The molecule has 15 heteroatoms. The summed E-state index contributed by atoms with van der Waals surface area (Å²) in [5.41, 5.74) is -5.58. The van der Waals surface area contributed by atoms with E-state index in [1.54, 1.807) is 13.8 Å². The largest absolute Gasteiger partial charge is 0.458 e. The molecular formula is C23H21F6N5O4. The minimum Gasteiger partial charge on any atom is -0.458 e. The fraction of sp³-hybridized carbons (Fsp3) is 0.435. The number of aromatic nitrogens is 4. The molecule has 1 amide bonds. The molecular weight excluding hydrogens is 524 g/mol. The fourth-order valence-electron chi connectivity index (χ4n) is 4.13. The lowest BCUT2D eigenvalue weighted by atomic mass is 10.1. The Morgan fingerprint density at radius 1 is 1.13 bits per heavy atom. The van der Waals surface area contributed by atoms with E-state index in [0.29, 0.717) is 19.2 Å². The summed E-state index contributed by atoms with van der Waals surface area (Å²) < 4.78 is 93.8. The summed E-state index contributed by atoms with van der Waals surface area (Å²) in [4.78, 5) is 39.5. The number of carbonyl (C=O) groups is 1. The van der Waals surface area contributed by atoms with Crippen LogP contribution in [0.15, 0.2) is 29.2 Å². The van der Waals surface area contributed by atoms with Crippen LogP contribution in [0.4, 0.5) is 26.3 Å². The summed E-state index contributed by atoms with van der Waals surface area (Å²) in [5, 5.41) is 0. The quantitative estimate of drug-likeness (QED) is 0.494. The molecule has 9 nitrogen and oxygen atoms in total. The first-order valence-electron chi connectivity index (χ1n) is 11.3. The SMILES string of the molecule is Cc1nc2cc(C(F)(F)F)c(C(Oc3ccc(C(=O)N4C[C@@H](C)O[C@@H](C)C4)cn3)C(F)(F)F)nc2c(=O)[nH]1. The minimum atomic E-state index is -5.39. The summed E-state index contributed by atoms with van der Waals surface area (Å²) in [5.74, 6) is -1.21. The van der Waals surface area contributed by atoms with Gasteiger partial charge in [0.25, 0.3) is 11.5 Å². The molecule has 0 radical (unpaired) electrons. The summed E-state index contributed by atoms with van der Waals surface area (Å²) >= 11 is 0. The maximum absolute atomic E-state index is 14.0. The van der Waals surface area contributed by atoms with Crippen LogP contribution in [0.2, 0.25) is 0 Å². The normalized spacial score (nSPS) is 19.4. The van der Waals surface area contributed by atoms with Gasteiger partial charge in [-0.05, 0) is 32.9 Å². The van der Waals surface area contributed by atoms with Crippen molar-refractivity contribution in [3.05, 3.63) is 57.4 Å². The lowest BCUT2D eigenvalue weighted by Crippen LogP contribution is -2.48. The number of hydrogen-bond donors (Lipinski definition) is 1. The van der Waals surface area contributed by atoms with Gasteiger partial charge in [0.1, 0.15) is 11.5 Å². The van der Waals surface area contributed by atoms with Gasteiger partial charge in [-0.1, -0.05) is 0 Å². The molecule has 4 rings (SSSR count). The van der Waals surface area contributed by atoms with Gasteiger partial charge in [0.05, 0.1) is 28.9 Å². The van der Waals surface area contributed by atoms with Gasteiger partial charge in [-0.25, -0.2) is 15.0 Å². The van der Waals surface area contributed by atoms with E-state index < -0.39 is 58.1 Å². The molecule has 0 bridgehead atoms. The van der Waals surface area contributed by atoms with Gasteiger partial charge in [-0.2, -0.15) is 26.3 Å². The van der Waals surface area contributed by atoms with Gasteiger partial charge >= 0.3 is 12.4 Å². The number of nitrogens with one attached hydrogen (secondary N) is 1. The van der Waals surface area contributed by atoms with Crippen molar-refractivity contribution in [1.82, 2.24) is 24.8 Å². The third kappa shape index (κ3) is 5.71. The number of aromatic amines is 1. The average molecular weight is 545 g/mol. The average Bonchev–Trinajstić information content (AvgIpc) is 2.80. The van der Waals surface area contributed by atoms with Crippen molar-refractivity contribution in [2.24, 2.45) is 0 Å². The molecule has 1 fully saturated rings. The molecule has 0 spiro atoms. The summed E-state index contributed by atoms with van der Waals surface area (Å²) in [6, 6.07) is 2.41. The highest BCUT2D eigenvalue weighted by Crippen LogP contribution is 2.42. The molecule has 1 saturated heterocycles. The summed E-state index contributed by atoms with van der Waals surface area (Å²) in [7, 11) is 0. The van der Waals surface area contributed by atoms with Crippen LogP contribution >= 0.6 is 0 Å². The number of nitrogens with zero attached hydrogens (tertiary/aromatic N) is 4. The molecule has 1 unspecified atom stereocenters. The number of alkyl halides is 6. The van der Waals surface area contributed by atoms with E-state index in [1.165, 1.54) is 11.8 Å². The number of amides is 1. The van der Waals surface area contributed by atoms with E-state index in [2.05, 4.69) is 19.9 Å². The number of hydrogen-bond acceptors (Lipinski definition) is 7. The smallest absolute Gasteiger partial charge is 0.431 e. The molecule has 1 N–H and O–H groups in total. The number of rotatable bonds is 4. The van der Waals surface area contributed by atoms with Crippen molar-refractivity contribution < 1.29 is 40.6 Å². The first kappa shape index (κ1) is 27.3. The zero-order valence-corrected chi connectivity index (χ0v) is 20.1. The number of halogens is 6. The van der Waals surface area contributed by atoms with Crippen molar-refractivity contribution in [2.75, 3.05) is 13.1 Å². The van der Waals surface area contributed by atoms with Crippen molar-refractivity contribution in [3.63, 3.8) is 0 Å². The molecule has 1 aliphatic heterocycles. The molecule has 3 aromatic heterocycles. The van der Waals surface area contributed by atoms with Crippen LogP contribution in [-0.4, -0.2) is 62.2 Å². The van der Waals surface area contributed by atoms with E-state index in [0.717, 1.165) is 18.3 Å². The number of carbonyl (C=O) groups excluding carboxylic acids is 1. The Kier molecular flexibility index (Phi) is 7.07. The highest BCUT2D eigenvalue weighted by Gasteiger charge is 2.49. The maximum Gasteiger partial charge on any atom is 0.431 e. The highest BCUT2D eigenvalue weighted by molar-refractivity contribution is 5.94. The van der Waals surface area contributed by atoms with Crippen LogP contribution in [0.5, 0.6) is 5.88 Å². The Labute approximate surface area is 210 Å². The van der Waals surface area contributed by atoms with E-state index in [4.69, 9.17) is 9.47 Å². The van der Waals surface area contributed by atoms with Gasteiger partial charge in [0, 0.05) is 25.4 Å². The zero-order valence-electron chi connectivity index (χ0n) is 20.1. The van der Waals surface area contributed by atoms with Crippen molar-refractivity contribution >= 4 is 16.9 Å². The Balaban J connectivity index is 1.70. The van der Waals surface area contributed by atoms with Crippen LogP contribution in [0, 0.1) is 6.92 Å². The van der Waals surface area contributed by atoms with Crippen LogP contribution in [0.3, 0.4) is 0 Å². The molecule has 1 aliphatic rings. The Bertz CT molecular complexity index is 1400. The Hall–Kier alpha value is -3.75. The number of ether oxygens (including phenoxy) is 2. The Morgan fingerprint density at radius 2 is 1.79 bits per heavy atom. The number of fused-ring (bicyclic) bond motifs is 1. The summed E-state index contributed by atoms with van der Waals surface area (Å²) in [6.07, 6.45) is -13.4. The monoisotopic (exact) mass is 545 g/mol. The van der Waals surface area contributed by atoms with Crippen molar-refractivity contribution in [3.8, 4) is 5.88 Å². The van der Waals surface area contributed by atoms with Crippen LogP contribution in [0.25, 0.3) is 11.0 Å². The lowest BCUT2D eigenvalue weighted by molar-refractivity contribution is -0.202. The van der Waals surface area contributed by atoms with Gasteiger partial charge < -0.3 is 19.4 Å². The third-order valence-electron chi connectivity index (χ3n) is 5.61. The van der Waals surface area contributed by atoms with E-state index in [-0.39, 0.29) is 23.6 Å². The number of pyridine rings is 2. The molecule has 204 valence electrons. The van der Waals surface area contributed by atoms with E-state index >= 15 is 0 Å². The standard InChI is InChI=1S/C23H21F6N5O4/c1-10-8-34(9-11(2)37-10)21(36)13-4-5-16(30-7-13)38-19(23(27,28)29)17-14(22(24,25)26)6-15-18(33-17)20(35)32-12(3)31-15/h4-7,10-11,19H,8-9H2,1-3H3,(H,31,32,35)/t10-,11+,19?. The topological polar surface area (TPSA) is 110 Å². The molecule has 3 atom stereocenters. The maximum atomic E-state index is 14.0. The summed E-state index contributed by atoms with van der Waals surface area (Å²) in [6.45, 7) is 5.44. The van der Waals surface area contributed by atoms with Crippen molar-refractivity contribution in [1.29, 1.82) is 0 Å². The first-order valence-corrected chi connectivity index (χ1v) is 11.3. The van der Waals surface area contributed by atoms with Gasteiger partial charge in [-0.15, -0.1) is 0 Å². The van der Waals surface area contributed by atoms with Gasteiger partial charge in [-0.3, -0.25) is 9.59 Å². The highest BCUT2D eigenvalue weighted by atomic mass is 19.4. The Morgan fingerprint density at radius 3 is 2.34 bits per heavy atom. The van der Waals surface area contributed by atoms with Crippen molar-refractivity contribution in [2.45, 2.75) is 51.4 Å². The van der Waals surface area contributed by atoms with E-state index in [1.807, 2.05) is 0 Å². The third-order valence-corrected chi connectivity index (χ3v) is 5.61. The van der Waals surface area contributed by atoms with Crippen LogP contribution in [0.1, 0.15) is 47.4 Å². The van der Waals surface area contributed by atoms with Crippen LogP contribution < -0.4 is 10.3 Å². The molecule has 0 saturated carbocycles. The van der Waals surface area contributed by atoms with E-state index in [9.17, 15) is 35.9 Å². The predicted molar refractivity (Wildman–Crippen MR) is 119 cm³/mol. The lowest BCUT2D eigenvalue weighted by Gasteiger charge is -2.35. The van der Waals surface area contributed by atoms with Crippen LogP contribution in [-0.2, 0) is 10.9 Å². The molecule has 4 heterocycles. The number of H-pyrrole nitrogens is 1. The molecule has 3 aromatic rings. The molecule has 0 aliphatic carbocycles. The second-order valence-electron chi connectivity index (χ2n) is 8.83.